The lowest BCUT2D eigenvalue weighted by molar-refractivity contribution is -0.127. The van der Waals surface area contributed by atoms with Crippen LogP contribution in [0.2, 0.25) is 0 Å². The maximum absolute atomic E-state index is 12.7. The molecule has 1 aromatic carbocycles. The molecule has 1 aromatic rings. The molecule has 152 valence electrons. The smallest absolute Gasteiger partial charge is 0.226 e. The van der Waals surface area contributed by atoms with Crippen LogP contribution in [0.15, 0.2) is 18.2 Å². The van der Waals surface area contributed by atoms with Crippen molar-refractivity contribution in [2.24, 2.45) is 11.3 Å². The third-order valence-corrected chi connectivity index (χ3v) is 5.37. The monoisotopic (exact) mass is 398 g/mol. The van der Waals surface area contributed by atoms with E-state index in [9.17, 15) is 4.79 Å². The Labute approximate surface area is 167 Å². The van der Waals surface area contributed by atoms with Crippen molar-refractivity contribution in [3.8, 4) is 11.5 Å². The van der Waals surface area contributed by atoms with E-state index in [1.807, 2.05) is 25.1 Å². The molecule has 3 rings (SSSR count). The number of halogens is 1. The molecule has 0 bridgehead atoms. The zero-order valence-corrected chi connectivity index (χ0v) is 17.0. The van der Waals surface area contributed by atoms with E-state index in [4.69, 9.17) is 14.2 Å². The predicted molar refractivity (Wildman–Crippen MR) is 107 cm³/mol. The van der Waals surface area contributed by atoms with Gasteiger partial charge >= 0.3 is 0 Å². The van der Waals surface area contributed by atoms with Crippen LogP contribution < -0.4 is 20.1 Å². The van der Waals surface area contributed by atoms with E-state index in [0.29, 0.717) is 32.8 Å². The topological polar surface area (TPSA) is 68.8 Å². The second-order valence-electron chi connectivity index (χ2n) is 7.32. The maximum Gasteiger partial charge on any atom is 0.226 e. The first-order valence-electron chi connectivity index (χ1n) is 9.52. The van der Waals surface area contributed by atoms with Gasteiger partial charge in [0.2, 0.25) is 5.91 Å². The number of methoxy groups -OCH3 is 1. The van der Waals surface area contributed by atoms with E-state index in [1.54, 1.807) is 7.11 Å². The maximum atomic E-state index is 12.7. The Morgan fingerprint density at radius 1 is 1.37 bits per heavy atom. The Bertz CT molecular complexity index is 614. The first-order chi connectivity index (χ1) is 12.7. The number of fused-ring (bicyclic) bond motifs is 1. The minimum Gasteiger partial charge on any atom is -0.494 e. The van der Waals surface area contributed by atoms with Gasteiger partial charge in [-0.1, -0.05) is 0 Å². The number of hydrogen-bond acceptors (Lipinski definition) is 5. The summed E-state index contributed by atoms with van der Waals surface area (Å²) in [5.74, 6) is 1.57. The van der Waals surface area contributed by atoms with Crippen molar-refractivity contribution in [2.45, 2.75) is 26.2 Å². The summed E-state index contributed by atoms with van der Waals surface area (Å²) in [6.07, 6.45) is 2.71. The number of hydrogen-bond donors (Lipinski definition) is 2. The van der Waals surface area contributed by atoms with Gasteiger partial charge in [-0.25, -0.2) is 0 Å². The summed E-state index contributed by atoms with van der Waals surface area (Å²) in [7, 11) is 1.73. The lowest BCUT2D eigenvalue weighted by Crippen LogP contribution is -2.49. The van der Waals surface area contributed by atoms with Crippen molar-refractivity contribution in [3.05, 3.63) is 23.8 Å². The number of carbonyl (C=O) groups excluding carboxylic acids is 1. The van der Waals surface area contributed by atoms with Crippen LogP contribution in [0.1, 0.15) is 25.3 Å². The zero-order valence-electron chi connectivity index (χ0n) is 16.2. The summed E-state index contributed by atoms with van der Waals surface area (Å²) in [5, 5.41) is 6.54. The molecule has 2 aliphatic rings. The van der Waals surface area contributed by atoms with Crippen molar-refractivity contribution in [3.63, 3.8) is 0 Å². The molecule has 1 amide bonds. The highest BCUT2D eigenvalue weighted by Gasteiger charge is 2.34. The Balaban J connectivity index is 0.00000261. The van der Waals surface area contributed by atoms with Gasteiger partial charge in [0.25, 0.3) is 0 Å². The Hall–Kier alpha value is -1.50. The molecule has 7 heteroatoms. The molecule has 6 nitrogen and oxygen atoms in total. The fourth-order valence-corrected chi connectivity index (χ4v) is 3.85. The lowest BCUT2D eigenvalue weighted by Gasteiger charge is -2.37. The Kier molecular flexibility index (Phi) is 8.20. The SMILES string of the molecule is CCOc1ccc2c(c1)CC(C(=O)NCC1(COC)CCNCC1)CO2.Cl. The second-order valence-corrected chi connectivity index (χ2v) is 7.32. The molecular weight excluding hydrogens is 368 g/mol. The largest absolute Gasteiger partial charge is 0.494 e. The number of ether oxygens (including phenoxy) is 3. The average molecular weight is 399 g/mol. The van der Waals surface area contributed by atoms with Crippen LogP contribution in [-0.4, -0.2) is 52.5 Å². The molecule has 2 N–H and O–H groups in total. The zero-order chi connectivity index (χ0) is 18.4. The van der Waals surface area contributed by atoms with Crippen LogP contribution >= 0.6 is 12.4 Å². The van der Waals surface area contributed by atoms with E-state index < -0.39 is 0 Å². The molecule has 27 heavy (non-hydrogen) atoms. The van der Waals surface area contributed by atoms with Crippen molar-refractivity contribution in [1.82, 2.24) is 10.6 Å². The minimum atomic E-state index is -0.166. The molecule has 0 spiro atoms. The van der Waals surface area contributed by atoms with Gasteiger partial charge in [0.15, 0.2) is 0 Å². The Morgan fingerprint density at radius 3 is 2.85 bits per heavy atom. The van der Waals surface area contributed by atoms with E-state index in [0.717, 1.165) is 43.0 Å². The van der Waals surface area contributed by atoms with Gasteiger partial charge in [-0.15, -0.1) is 12.4 Å². The summed E-state index contributed by atoms with van der Waals surface area (Å²) in [6.45, 7) is 6.29. The van der Waals surface area contributed by atoms with Gasteiger partial charge < -0.3 is 24.8 Å². The van der Waals surface area contributed by atoms with Gasteiger partial charge in [0, 0.05) is 19.1 Å². The predicted octanol–water partition coefficient (Wildman–Crippen LogP) is 2.19. The number of benzene rings is 1. The van der Waals surface area contributed by atoms with E-state index >= 15 is 0 Å². The number of amides is 1. The quantitative estimate of drug-likeness (QED) is 0.736. The van der Waals surface area contributed by atoms with Crippen LogP contribution in [-0.2, 0) is 16.0 Å². The van der Waals surface area contributed by atoms with E-state index in [2.05, 4.69) is 10.6 Å². The standard InChI is InChI=1S/C20H30N2O4.ClH/c1-3-25-17-4-5-18-15(11-17)10-16(12-26-18)19(23)22-13-20(14-24-2)6-8-21-9-7-20;/h4-5,11,16,21H,3,6-10,12-14H2,1-2H3,(H,22,23);1H. The fraction of sp³-hybridized carbons (Fsp3) is 0.650. The summed E-state index contributed by atoms with van der Waals surface area (Å²) in [5.41, 5.74) is 1.07. The van der Waals surface area contributed by atoms with Crippen LogP contribution in [0.3, 0.4) is 0 Å². The van der Waals surface area contributed by atoms with Crippen LogP contribution in [0.25, 0.3) is 0 Å². The normalized spacial score (nSPS) is 20.6. The van der Waals surface area contributed by atoms with E-state index in [1.165, 1.54) is 0 Å². The van der Waals surface area contributed by atoms with Crippen molar-refractivity contribution < 1.29 is 19.0 Å². The third-order valence-electron chi connectivity index (χ3n) is 5.37. The summed E-state index contributed by atoms with van der Waals surface area (Å²) < 4.78 is 16.8. The van der Waals surface area contributed by atoms with Crippen molar-refractivity contribution in [2.75, 3.05) is 46.6 Å². The highest BCUT2D eigenvalue weighted by molar-refractivity contribution is 5.85. The molecule has 1 fully saturated rings. The van der Waals surface area contributed by atoms with Crippen LogP contribution in [0.5, 0.6) is 11.5 Å². The van der Waals surface area contributed by atoms with Crippen LogP contribution in [0.4, 0.5) is 0 Å². The van der Waals surface area contributed by atoms with Gasteiger partial charge in [-0.3, -0.25) is 4.79 Å². The van der Waals surface area contributed by atoms with Crippen LogP contribution in [0, 0.1) is 11.3 Å². The third kappa shape index (κ3) is 5.50. The second kappa shape index (κ2) is 10.2. The molecule has 1 atom stereocenters. The lowest BCUT2D eigenvalue weighted by atomic mass is 9.79. The first kappa shape index (κ1) is 21.8. The summed E-state index contributed by atoms with van der Waals surface area (Å²) in [6, 6.07) is 5.82. The Morgan fingerprint density at radius 2 is 2.15 bits per heavy atom. The highest BCUT2D eigenvalue weighted by Crippen LogP contribution is 2.32. The van der Waals surface area contributed by atoms with Crippen molar-refractivity contribution in [1.29, 1.82) is 0 Å². The van der Waals surface area contributed by atoms with E-state index in [-0.39, 0.29) is 29.6 Å². The molecule has 0 aliphatic carbocycles. The van der Waals surface area contributed by atoms with Gasteiger partial charge in [-0.2, -0.15) is 0 Å². The number of rotatable bonds is 7. The molecule has 1 unspecified atom stereocenters. The molecule has 0 saturated carbocycles. The summed E-state index contributed by atoms with van der Waals surface area (Å²) in [4.78, 5) is 12.7. The molecule has 2 heterocycles. The van der Waals surface area contributed by atoms with Gasteiger partial charge in [0.1, 0.15) is 18.1 Å². The molecule has 0 radical (unpaired) electrons. The molecule has 1 saturated heterocycles. The molecular formula is C20H31ClN2O4. The van der Waals surface area contributed by atoms with Crippen molar-refractivity contribution >= 4 is 18.3 Å². The number of carbonyl (C=O) groups is 1. The molecule has 0 aromatic heterocycles. The first-order valence-corrected chi connectivity index (χ1v) is 9.52. The number of piperidine rings is 1. The summed E-state index contributed by atoms with van der Waals surface area (Å²) >= 11 is 0. The average Bonchev–Trinajstić information content (AvgIpc) is 2.67. The minimum absolute atomic E-state index is 0. The number of nitrogens with one attached hydrogen (secondary N) is 2. The fourth-order valence-electron chi connectivity index (χ4n) is 3.85. The molecule has 2 aliphatic heterocycles. The van der Waals surface area contributed by atoms with Gasteiger partial charge in [-0.05, 0) is 63.0 Å². The highest BCUT2D eigenvalue weighted by atomic mass is 35.5. The van der Waals surface area contributed by atoms with Gasteiger partial charge in [0.05, 0.1) is 19.1 Å².